The Kier molecular flexibility index (Phi) is 4.39. The average molecular weight is 199 g/mol. The summed E-state index contributed by atoms with van der Waals surface area (Å²) in [6.45, 7) is 2.05. The Labute approximate surface area is 83.8 Å². The van der Waals surface area contributed by atoms with E-state index in [9.17, 15) is 9.59 Å². The molecule has 1 fully saturated rings. The predicted molar refractivity (Wildman–Crippen MR) is 52.8 cm³/mol. The standard InChI is InChI=1S/C9H17N3O2/c1-10-6-8(13)11-7-9(14)12-4-2-3-5-12/h10H,2-7H2,1H3,(H,11,13). The third-order valence-electron chi connectivity index (χ3n) is 2.23. The van der Waals surface area contributed by atoms with Gasteiger partial charge in [-0.1, -0.05) is 0 Å². The van der Waals surface area contributed by atoms with Crippen LogP contribution in [0.5, 0.6) is 0 Å². The van der Waals surface area contributed by atoms with E-state index >= 15 is 0 Å². The third kappa shape index (κ3) is 3.33. The summed E-state index contributed by atoms with van der Waals surface area (Å²) in [6.07, 6.45) is 2.16. The fourth-order valence-electron chi connectivity index (χ4n) is 1.48. The Morgan fingerprint density at radius 2 is 1.86 bits per heavy atom. The molecule has 0 atom stereocenters. The van der Waals surface area contributed by atoms with Crippen LogP contribution in [0, 0.1) is 0 Å². The molecule has 0 bridgehead atoms. The zero-order valence-corrected chi connectivity index (χ0v) is 8.51. The first-order valence-corrected chi connectivity index (χ1v) is 4.93. The number of amides is 2. The van der Waals surface area contributed by atoms with Gasteiger partial charge in [-0.15, -0.1) is 0 Å². The second-order valence-corrected chi connectivity index (χ2v) is 3.39. The molecule has 2 N–H and O–H groups in total. The van der Waals surface area contributed by atoms with Gasteiger partial charge in [0.05, 0.1) is 13.1 Å². The van der Waals surface area contributed by atoms with E-state index in [1.54, 1.807) is 11.9 Å². The quantitative estimate of drug-likeness (QED) is 0.607. The minimum absolute atomic E-state index is 0.0203. The third-order valence-corrected chi connectivity index (χ3v) is 2.23. The second kappa shape index (κ2) is 5.59. The van der Waals surface area contributed by atoms with Crippen LogP contribution in [-0.2, 0) is 9.59 Å². The van der Waals surface area contributed by atoms with Crippen molar-refractivity contribution in [1.82, 2.24) is 15.5 Å². The molecule has 14 heavy (non-hydrogen) atoms. The molecule has 1 aliphatic heterocycles. The molecule has 0 saturated carbocycles. The van der Waals surface area contributed by atoms with Gasteiger partial charge in [0.1, 0.15) is 0 Å². The van der Waals surface area contributed by atoms with Crippen LogP contribution in [0.15, 0.2) is 0 Å². The van der Waals surface area contributed by atoms with Crippen molar-refractivity contribution in [3.63, 3.8) is 0 Å². The van der Waals surface area contributed by atoms with Gasteiger partial charge in [0.15, 0.2) is 0 Å². The number of hydrogen-bond acceptors (Lipinski definition) is 3. The maximum absolute atomic E-state index is 11.4. The predicted octanol–water partition coefficient (Wildman–Crippen LogP) is -1.06. The van der Waals surface area contributed by atoms with Crippen molar-refractivity contribution in [2.75, 3.05) is 33.2 Å². The molecule has 0 aromatic carbocycles. The molecule has 5 heteroatoms. The minimum Gasteiger partial charge on any atom is -0.346 e. The summed E-state index contributed by atoms with van der Waals surface area (Å²) in [5.41, 5.74) is 0. The van der Waals surface area contributed by atoms with Crippen LogP contribution in [-0.4, -0.2) is 49.9 Å². The number of carbonyl (C=O) groups is 2. The lowest BCUT2D eigenvalue weighted by Gasteiger charge is -2.15. The van der Waals surface area contributed by atoms with Gasteiger partial charge in [-0.2, -0.15) is 0 Å². The summed E-state index contributed by atoms with van der Waals surface area (Å²) < 4.78 is 0. The number of hydrogen-bond donors (Lipinski definition) is 2. The Hall–Kier alpha value is -1.10. The normalized spacial score (nSPS) is 15.6. The molecule has 2 amide bonds. The number of rotatable bonds is 4. The van der Waals surface area contributed by atoms with E-state index in [-0.39, 0.29) is 24.9 Å². The molecule has 1 aliphatic rings. The van der Waals surface area contributed by atoms with E-state index in [2.05, 4.69) is 10.6 Å². The molecule has 1 saturated heterocycles. The summed E-state index contributed by atoms with van der Waals surface area (Å²) in [4.78, 5) is 24.3. The highest BCUT2D eigenvalue weighted by Crippen LogP contribution is 2.06. The maximum Gasteiger partial charge on any atom is 0.241 e. The topological polar surface area (TPSA) is 61.4 Å². The van der Waals surface area contributed by atoms with Crippen molar-refractivity contribution in [1.29, 1.82) is 0 Å². The van der Waals surface area contributed by atoms with E-state index in [0.29, 0.717) is 0 Å². The molecule has 0 unspecified atom stereocenters. The van der Waals surface area contributed by atoms with Gasteiger partial charge in [-0.25, -0.2) is 0 Å². The molecular weight excluding hydrogens is 182 g/mol. The van der Waals surface area contributed by atoms with Crippen LogP contribution in [0.4, 0.5) is 0 Å². The molecule has 5 nitrogen and oxygen atoms in total. The van der Waals surface area contributed by atoms with Crippen molar-refractivity contribution in [3.8, 4) is 0 Å². The molecule has 0 radical (unpaired) electrons. The Morgan fingerprint density at radius 3 is 2.43 bits per heavy atom. The summed E-state index contributed by atoms with van der Waals surface area (Å²) in [6, 6.07) is 0. The fraction of sp³-hybridized carbons (Fsp3) is 0.778. The lowest BCUT2D eigenvalue weighted by Crippen LogP contribution is -2.41. The summed E-state index contributed by atoms with van der Waals surface area (Å²) in [5, 5.41) is 5.29. The first-order valence-electron chi connectivity index (χ1n) is 4.93. The van der Waals surface area contributed by atoms with Gasteiger partial charge in [-0.3, -0.25) is 9.59 Å². The largest absolute Gasteiger partial charge is 0.346 e. The van der Waals surface area contributed by atoms with Gasteiger partial charge >= 0.3 is 0 Å². The first-order chi connectivity index (χ1) is 6.74. The van der Waals surface area contributed by atoms with Crippen LogP contribution < -0.4 is 10.6 Å². The first kappa shape index (κ1) is 11.0. The lowest BCUT2D eigenvalue weighted by molar-refractivity contribution is -0.131. The zero-order valence-electron chi connectivity index (χ0n) is 8.51. The highest BCUT2D eigenvalue weighted by Gasteiger charge is 2.17. The number of likely N-dealkylation sites (tertiary alicyclic amines) is 1. The highest BCUT2D eigenvalue weighted by atomic mass is 16.2. The van der Waals surface area contributed by atoms with E-state index in [1.165, 1.54) is 0 Å². The van der Waals surface area contributed by atoms with Gasteiger partial charge in [0.2, 0.25) is 11.8 Å². The Balaban J connectivity index is 2.17. The lowest BCUT2D eigenvalue weighted by atomic mass is 10.4. The zero-order chi connectivity index (χ0) is 10.4. The van der Waals surface area contributed by atoms with Crippen molar-refractivity contribution < 1.29 is 9.59 Å². The fourth-order valence-corrected chi connectivity index (χ4v) is 1.48. The molecular formula is C9H17N3O2. The molecule has 0 aromatic heterocycles. The van der Waals surface area contributed by atoms with Crippen LogP contribution in [0.2, 0.25) is 0 Å². The van der Waals surface area contributed by atoms with Crippen LogP contribution in [0.3, 0.4) is 0 Å². The van der Waals surface area contributed by atoms with Crippen LogP contribution in [0.1, 0.15) is 12.8 Å². The number of carbonyl (C=O) groups excluding carboxylic acids is 2. The monoisotopic (exact) mass is 199 g/mol. The van der Waals surface area contributed by atoms with E-state index in [0.717, 1.165) is 25.9 Å². The van der Waals surface area contributed by atoms with E-state index in [4.69, 9.17) is 0 Å². The number of nitrogens with one attached hydrogen (secondary N) is 2. The van der Waals surface area contributed by atoms with Crippen molar-refractivity contribution >= 4 is 11.8 Å². The molecule has 0 spiro atoms. The van der Waals surface area contributed by atoms with Crippen LogP contribution in [0.25, 0.3) is 0 Å². The second-order valence-electron chi connectivity index (χ2n) is 3.39. The van der Waals surface area contributed by atoms with Gasteiger partial charge < -0.3 is 15.5 Å². The minimum atomic E-state index is -0.139. The van der Waals surface area contributed by atoms with Gasteiger partial charge in [0, 0.05) is 13.1 Å². The molecule has 0 aromatic rings. The number of likely N-dealkylation sites (N-methyl/N-ethyl adjacent to an activating group) is 1. The van der Waals surface area contributed by atoms with Crippen LogP contribution >= 0.6 is 0 Å². The Bertz CT molecular complexity index is 212. The average Bonchev–Trinajstić information content (AvgIpc) is 2.67. The van der Waals surface area contributed by atoms with Crippen molar-refractivity contribution in [2.24, 2.45) is 0 Å². The van der Waals surface area contributed by atoms with Gasteiger partial charge in [0.25, 0.3) is 0 Å². The smallest absolute Gasteiger partial charge is 0.241 e. The van der Waals surface area contributed by atoms with Gasteiger partial charge in [-0.05, 0) is 19.9 Å². The molecule has 0 aliphatic carbocycles. The number of nitrogens with zero attached hydrogens (tertiary/aromatic N) is 1. The SMILES string of the molecule is CNCC(=O)NCC(=O)N1CCCC1. The van der Waals surface area contributed by atoms with E-state index < -0.39 is 0 Å². The summed E-state index contributed by atoms with van der Waals surface area (Å²) in [7, 11) is 1.70. The molecule has 1 heterocycles. The van der Waals surface area contributed by atoms with E-state index in [1.807, 2.05) is 0 Å². The summed E-state index contributed by atoms with van der Waals surface area (Å²) in [5.74, 6) is -0.119. The maximum atomic E-state index is 11.4. The van der Waals surface area contributed by atoms with Crippen molar-refractivity contribution in [3.05, 3.63) is 0 Å². The highest BCUT2D eigenvalue weighted by molar-refractivity contribution is 5.85. The summed E-state index contributed by atoms with van der Waals surface area (Å²) >= 11 is 0. The van der Waals surface area contributed by atoms with Crippen molar-refractivity contribution in [2.45, 2.75) is 12.8 Å². The molecule has 80 valence electrons. The molecule has 1 rings (SSSR count). The Morgan fingerprint density at radius 1 is 1.21 bits per heavy atom.